The van der Waals surface area contributed by atoms with Gasteiger partial charge in [0, 0.05) is 18.5 Å². The van der Waals surface area contributed by atoms with Crippen molar-refractivity contribution >= 4 is 15.9 Å². The van der Waals surface area contributed by atoms with Crippen molar-refractivity contribution in [3.8, 4) is 0 Å². The molecule has 0 saturated carbocycles. The number of piperidine rings is 1. The van der Waals surface area contributed by atoms with Gasteiger partial charge in [-0.15, -0.1) is 0 Å². The number of carbonyl (C=O) groups is 1. The van der Waals surface area contributed by atoms with Crippen molar-refractivity contribution in [3.05, 3.63) is 29.8 Å². The van der Waals surface area contributed by atoms with E-state index < -0.39 is 10.0 Å². The van der Waals surface area contributed by atoms with Crippen LogP contribution in [-0.2, 0) is 14.8 Å². The second-order valence-electron chi connectivity index (χ2n) is 7.25. The van der Waals surface area contributed by atoms with Crippen LogP contribution in [0.5, 0.6) is 0 Å². The number of hydrogen-bond donors (Lipinski definition) is 3. The lowest BCUT2D eigenvalue weighted by Gasteiger charge is -2.29. The minimum Gasteiger partial charge on any atom is -0.350 e. The molecule has 0 aliphatic carbocycles. The zero-order chi connectivity index (χ0) is 18.0. The highest BCUT2D eigenvalue weighted by atomic mass is 32.2. The number of amides is 1. The van der Waals surface area contributed by atoms with E-state index in [0.29, 0.717) is 24.4 Å². The van der Waals surface area contributed by atoms with Gasteiger partial charge in [0.25, 0.3) is 0 Å². The van der Waals surface area contributed by atoms with Gasteiger partial charge in [0.2, 0.25) is 15.9 Å². The number of fused-ring (bicyclic) bond motifs is 2. The normalized spacial score (nSPS) is 27.0. The molecule has 6 nitrogen and oxygen atoms in total. The summed E-state index contributed by atoms with van der Waals surface area (Å²) in [6, 6.07) is 7.64. The highest BCUT2D eigenvalue weighted by Crippen LogP contribution is 2.32. The van der Waals surface area contributed by atoms with Crippen molar-refractivity contribution in [2.45, 2.75) is 62.0 Å². The fraction of sp³-hybridized carbons (Fsp3) is 0.611. The Balaban J connectivity index is 1.59. The Bertz CT molecular complexity index is 723. The first-order chi connectivity index (χ1) is 11.9. The van der Waals surface area contributed by atoms with Gasteiger partial charge in [0.1, 0.15) is 0 Å². The van der Waals surface area contributed by atoms with Crippen LogP contribution in [0.25, 0.3) is 0 Å². The van der Waals surface area contributed by atoms with Crippen LogP contribution in [0.4, 0.5) is 0 Å². The van der Waals surface area contributed by atoms with E-state index in [4.69, 9.17) is 0 Å². The maximum Gasteiger partial charge on any atom is 0.240 e. The lowest BCUT2D eigenvalue weighted by Crippen LogP contribution is -2.40. The SMILES string of the molecule is CNS(=O)(=O)c1cccc(C(C)NC(=O)CC2CC3CCC(C2)N3)c1. The summed E-state index contributed by atoms with van der Waals surface area (Å²) in [5, 5.41) is 6.61. The molecule has 2 heterocycles. The predicted octanol–water partition coefficient (Wildman–Crippen LogP) is 1.69. The Labute approximate surface area is 149 Å². The van der Waals surface area contributed by atoms with Gasteiger partial charge in [-0.05, 0) is 63.3 Å². The molecule has 3 N–H and O–H groups in total. The van der Waals surface area contributed by atoms with E-state index in [0.717, 1.165) is 18.4 Å². The molecular formula is C18H27N3O3S. The standard InChI is InChI=1S/C18H27N3O3S/c1-12(14-4-3-5-17(11-14)25(23,24)19-2)20-18(22)10-13-8-15-6-7-16(9-13)21-15/h3-5,11-13,15-16,19,21H,6-10H2,1-2H3,(H,20,22). The number of hydrogen-bond acceptors (Lipinski definition) is 4. The smallest absolute Gasteiger partial charge is 0.240 e. The predicted molar refractivity (Wildman–Crippen MR) is 96.5 cm³/mol. The molecule has 2 bridgehead atoms. The second-order valence-corrected chi connectivity index (χ2v) is 9.14. The molecule has 7 heteroatoms. The van der Waals surface area contributed by atoms with Crippen molar-refractivity contribution in [1.29, 1.82) is 0 Å². The fourth-order valence-electron chi connectivity index (χ4n) is 4.06. The summed E-state index contributed by atoms with van der Waals surface area (Å²) < 4.78 is 26.2. The monoisotopic (exact) mass is 365 g/mol. The van der Waals surface area contributed by atoms with Crippen LogP contribution in [0.1, 0.15) is 50.6 Å². The van der Waals surface area contributed by atoms with E-state index in [-0.39, 0.29) is 16.8 Å². The van der Waals surface area contributed by atoms with E-state index in [1.54, 1.807) is 18.2 Å². The van der Waals surface area contributed by atoms with Crippen LogP contribution in [0.2, 0.25) is 0 Å². The Kier molecular flexibility index (Phi) is 5.46. The Morgan fingerprint density at radius 3 is 2.60 bits per heavy atom. The van der Waals surface area contributed by atoms with Gasteiger partial charge >= 0.3 is 0 Å². The first kappa shape index (κ1) is 18.4. The van der Waals surface area contributed by atoms with Crippen molar-refractivity contribution in [1.82, 2.24) is 15.4 Å². The van der Waals surface area contributed by atoms with Gasteiger partial charge in [0.05, 0.1) is 10.9 Å². The van der Waals surface area contributed by atoms with E-state index in [9.17, 15) is 13.2 Å². The number of nitrogens with one attached hydrogen (secondary N) is 3. The van der Waals surface area contributed by atoms with Crippen molar-refractivity contribution in [2.24, 2.45) is 5.92 Å². The fourth-order valence-corrected chi connectivity index (χ4v) is 4.84. The number of sulfonamides is 1. The molecule has 25 heavy (non-hydrogen) atoms. The number of carbonyl (C=O) groups excluding carboxylic acids is 1. The molecule has 0 spiro atoms. The van der Waals surface area contributed by atoms with Crippen LogP contribution < -0.4 is 15.4 Å². The van der Waals surface area contributed by atoms with Gasteiger partial charge in [0.15, 0.2) is 0 Å². The van der Waals surface area contributed by atoms with Crippen molar-refractivity contribution in [3.63, 3.8) is 0 Å². The molecule has 2 saturated heterocycles. The summed E-state index contributed by atoms with van der Waals surface area (Å²) in [4.78, 5) is 12.6. The molecule has 0 aromatic heterocycles. The zero-order valence-corrected chi connectivity index (χ0v) is 15.6. The Hall–Kier alpha value is -1.44. The third kappa shape index (κ3) is 4.40. The molecule has 0 radical (unpaired) electrons. The topological polar surface area (TPSA) is 87.3 Å². The quantitative estimate of drug-likeness (QED) is 0.716. The highest BCUT2D eigenvalue weighted by Gasteiger charge is 2.34. The summed E-state index contributed by atoms with van der Waals surface area (Å²) in [7, 11) is -2.09. The number of rotatable bonds is 6. The number of benzene rings is 1. The summed E-state index contributed by atoms with van der Waals surface area (Å²) in [5.41, 5.74) is 0.787. The maximum absolute atomic E-state index is 12.4. The van der Waals surface area contributed by atoms with Crippen LogP contribution in [-0.4, -0.2) is 33.5 Å². The molecule has 3 unspecified atom stereocenters. The minimum absolute atomic E-state index is 0.0423. The highest BCUT2D eigenvalue weighted by molar-refractivity contribution is 7.89. The third-order valence-corrected chi connectivity index (χ3v) is 6.77. The largest absolute Gasteiger partial charge is 0.350 e. The van der Waals surface area contributed by atoms with Gasteiger partial charge in [-0.3, -0.25) is 4.79 Å². The van der Waals surface area contributed by atoms with Crippen LogP contribution in [0.3, 0.4) is 0 Å². The van der Waals surface area contributed by atoms with Gasteiger partial charge < -0.3 is 10.6 Å². The zero-order valence-electron chi connectivity index (χ0n) is 14.8. The van der Waals surface area contributed by atoms with Crippen LogP contribution in [0, 0.1) is 5.92 Å². The first-order valence-corrected chi connectivity index (χ1v) is 10.4. The van der Waals surface area contributed by atoms with Crippen LogP contribution >= 0.6 is 0 Å². The third-order valence-electron chi connectivity index (χ3n) is 5.36. The lowest BCUT2D eigenvalue weighted by atomic mass is 9.89. The molecule has 1 aromatic carbocycles. The van der Waals surface area contributed by atoms with Crippen molar-refractivity contribution in [2.75, 3.05) is 7.05 Å². The Morgan fingerprint density at radius 2 is 1.96 bits per heavy atom. The average Bonchev–Trinajstić information content (AvgIpc) is 2.93. The molecule has 3 atom stereocenters. The molecule has 138 valence electrons. The summed E-state index contributed by atoms with van der Waals surface area (Å²) >= 11 is 0. The summed E-state index contributed by atoms with van der Waals surface area (Å²) in [6.45, 7) is 1.88. The van der Waals surface area contributed by atoms with Crippen LogP contribution in [0.15, 0.2) is 29.2 Å². The summed E-state index contributed by atoms with van der Waals surface area (Å²) in [5.74, 6) is 0.489. The maximum atomic E-state index is 12.4. The van der Waals surface area contributed by atoms with E-state index in [2.05, 4.69) is 15.4 Å². The van der Waals surface area contributed by atoms with Gasteiger partial charge in [-0.2, -0.15) is 0 Å². The van der Waals surface area contributed by atoms with Gasteiger partial charge in [-0.25, -0.2) is 13.1 Å². The molecule has 2 fully saturated rings. The second kappa shape index (κ2) is 7.43. The lowest BCUT2D eigenvalue weighted by molar-refractivity contribution is -0.122. The van der Waals surface area contributed by atoms with E-state index >= 15 is 0 Å². The molecule has 1 aromatic rings. The molecular weight excluding hydrogens is 338 g/mol. The molecule has 3 rings (SSSR count). The summed E-state index contributed by atoms with van der Waals surface area (Å²) in [6.07, 6.45) is 5.16. The van der Waals surface area contributed by atoms with Crippen molar-refractivity contribution < 1.29 is 13.2 Å². The van der Waals surface area contributed by atoms with Gasteiger partial charge in [-0.1, -0.05) is 12.1 Å². The Morgan fingerprint density at radius 1 is 1.28 bits per heavy atom. The average molecular weight is 365 g/mol. The molecule has 2 aliphatic heterocycles. The minimum atomic E-state index is -3.48. The molecule has 1 amide bonds. The first-order valence-electron chi connectivity index (χ1n) is 8.96. The van der Waals surface area contributed by atoms with E-state index in [1.807, 2.05) is 13.0 Å². The molecule has 2 aliphatic rings. The van der Waals surface area contributed by atoms with E-state index in [1.165, 1.54) is 19.9 Å².